The van der Waals surface area contributed by atoms with Gasteiger partial charge in [0.15, 0.2) is 0 Å². The smallest absolute Gasteiger partial charge is 0.289 e. The van der Waals surface area contributed by atoms with Crippen molar-refractivity contribution in [3.8, 4) is 0 Å². The molecule has 0 radical (unpaired) electrons. The highest BCUT2D eigenvalue weighted by Gasteiger charge is 2.27. The van der Waals surface area contributed by atoms with Crippen LogP contribution in [-0.4, -0.2) is 36.0 Å². The highest BCUT2D eigenvalue weighted by Crippen LogP contribution is 2.30. The summed E-state index contributed by atoms with van der Waals surface area (Å²) in [6, 6.07) is 1.29. The SMILES string of the molecule is CNC(=O)C1CCCN(c2ncc([N+](=O)[O-])cc2Cl)C1. The second kappa shape index (κ2) is 6.04. The molecule has 0 saturated carbocycles. The number of hydrogen-bond acceptors (Lipinski definition) is 5. The maximum absolute atomic E-state index is 11.7. The van der Waals surface area contributed by atoms with Crippen molar-refractivity contribution in [2.75, 3.05) is 25.0 Å². The summed E-state index contributed by atoms with van der Waals surface area (Å²) in [6.07, 6.45) is 2.86. The van der Waals surface area contributed by atoms with Gasteiger partial charge in [-0.1, -0.05) is 11.6 Å². The first-order valence-electron chi connectivity index (χ1n) is 6.29. The number of anilines is 1. The van der Waals surface area contributed by atoms with Crippen molar-refractivity contribution < 1.29 is 9.72 Å². The average Bonchev–Trinajstić information content (AvgIpc) is 2.46. The van der Waals surface area contributed by atoms with Crippen molar-refractivity contribution in [3.05, 3.63) is 27.4 Å². The molecule has 2 heterocycles. The summed E-state index contributed by atoms with van der Waals surface area (Å²) in [7, 11) is 1.61. The average molecular weight is 299 g/mol. The minimum Gasteiger partial charge on any atom is -0.359 e. The third kappa shape index (κ3) is 2.98. The van der Waals surface area contributed by atoms with E-state index in [0.29, 0.717) is 12.4 Å². The normalized spacial score (nSPS) is 18.7. The van der Waals surface area contributed by atoms with Crippen molar-refractivity contribution in [2.45, 2.75) is 12.8 Å². The molecule has 8 heteroatoms. The van der Waals surface area contributed by atoms with E-state index in [1.165, 1.54) is 12.3 Å². The number of halogens is 1. The van der Waals surface area contributed by atoms with Crippen LogP contribution >= 0.6 is 11.6 Å². The zero-order valence-electron chi connectivity index (χ0n) is 11.0. The molecule has 1 aromatic heterocycles. The fourth-order valence-corrected chi connectivity index (χ4v) is 2.62. The predicted molar refractivity (Wildman–Crippen MR) is 74.9 cm³/mol. The Labute approximate surface area is 121 Å². The molecule has 1 aliphatic heterocycles. The van der Waals surface area contributed by atoms with Crippen molar-refractivity contribution in [1.29, 1.82) is 0 Å². The molecular weight excluding hydrogens is 284 g/mol. The molecule has 1 fully saturated rings. The Morgan fingerprint density at radius 1 is 1.65 bits per heavy atom. The number of carbonyl (C=O) groups is 1. The molecule has 0 aliphatic carbocycles. The van der Waals surface area contributed by atoms with E-state index in [-0.39, 0.29) is 22.5 Å². The highest BCUT2D eigenvalue weighted by atomic mass is 35.5. The summed E-state index contributed by atoms with van der Waals surface area (Å²) in [6.45, 7) is 1.25. The fraction of sp³-hybridized carbons (Fsp3) is 0.500. The number of amides is 1. The monoisotopic (exact) mass is 298 g/mol. The summed E-state index contributed by atoms with van der Waals surface area (Å²) in [5.74, 6) is 0.375. The lowest BCUT2D eigenvalue weighted by Gasteiger charge is -2.32. The van der Waals surface area contributed by atoms with Gasteiger partial charge in [0.1, 0.15) is 12.0 Å². The van der Waals surface area contributed by atoms with Gasteiger partial charge < -0.3 is 10.2 Å². The number of nitrogens with one attached hydrogen (secondary N) is 1. The molecule has 1 aromatic rings. The molecule has 1 amide bonds. The van der Waals surface area contributed by atoms with Crippen LogP contribution in [0.1, 0.15) is 12.8 Å². The number of rotatable bonds is 3. The van der Waals surface area contributed by atoms with Gasteiger partial charge in [-0.25, -0.2) is 4.98 Å². The molecule has 2 rings (SSSR count). The van der Waals surface area contributed by atoms with Crippen LogP contribution in [0.3, 0.4) is 0 Å². The number of piperidine rings is 1. The van der Waals surface area contributed by atoms with Gasteiger partial charge in [-0.15, -0.1) is 0 Å². The Hall–Kier alpha value is -1.89. The second-order valence-corrected chi connectivity index (χ2v) is 5.06. The molecule has 1 unspecified atom stereocenters. The molecule has 0 spiro atoms. The van der Waals surface area contributed by atoms with Gasteiger partial charge in [0.2, 0.25) is 5.91 Å². The number of nitro groups is 1. The molecule has 0 bridgehead atoms. The summed E-state index contributed by atoms with van der Waals surface area (Å²) in [4.78, 5) is 27.8. The molecule has 0 aromatic carbocycles. The molecular formula is C12H15ClN4O3. The lowest BCUT2D eigenvalue weighted by atomic mass is 9.97. The van der Waals surface area contributed by atoms with E-state index in [1.54, 1.807) is 7.05 Å². The van der Waals surface area contributed by atoms with E-state index in [2.05, 4.69) is 10.3 Å². The topological polar surface area (TPSA) is 88.4 Å². The third-order valence-corrected chi connectivity index (χ3v) is 3.63. The summed E-state index contributed by atoms with van der Waals surface area (Å²) in [5.41, 5.74) is -0.140. The molecule has 1 saturated heterocycles. The van der Waals surface area contributed by atoms with Gasteiger partial charge in [0.25, 0.3) is 5.69 Å². The van der Waals surface area contributed by atoms with E-state index >= 15 is 0 Å². The molecule has 1 aliphatic rings. The summed E-state index contributed by atoms with van der Waals surface area (Å²) < 4.78 is 0. The molecule has 1 N–H and O–H groups in total. The van der Waals surface area contributed by atoms with Crippen LogP contribution in [0.5, 0.6) is 0 Å². The van der Waals surface area contributed by atoms with Gasteiger partial charge in [-0.2, -0.15) is 0 Å². The van der Waals surface area contributed by atoms with Gasteiger partial charge in [0, 0.05) is 26.2 Å². The quantitative estimate of drug-likeness (QED) is 0.676. The zero-order valence-corrected chi connectivity index (χ0v) is 11.8. The van der Waals surface area contributed by atoms with E-state index in [4.69, 9.17) is 11.6 Å². The number of hydrogen-bond donors (Lipinski definition) is 1. The van der Waals surface area contributed by atoms with Gasteiger partial charge in [0.05, 0.1) is 15.9 Å². The molecule has 108 valence electrons. The van der Waals surface area contributed by atoms with Gasteiger partial charge in [-0.3, -0.25) is 14.9 Å². The maximum Gasteiger partial charge on any atom is 0.289 e. The standard InChI is InChI=1S/C12H15ClN4O3/c1-14-12(18)8-3-2-4-16(7-8)11-10(13)5-9(6-15-11)17(19)20/h5-6,8H,2-4,7H2,1H3,(H,14,18). The number of aromatic nitrogens is 1. The molecule has 7 nitrogen and oxygen atoms in total. The van der Waals surface area contributed by atoms with Crippen LogP contribution in [0.25, 0.3) is 0 Å². The minimum atomic E-state index is -0.536. The van der Waals surface area contributed by atoms with Crippen LogP contribution in [0.2, 0.25) is 5.02 Å². The van der Waals surface area contributed by atoms with E-state index in [9.17, 15) is 14.9 Å². The van der Waals surface area contributed by atoms with E-state index in [0.717, 1.165) is 19.4 Å². The Bertz CT molecular complexity index is 537. The first kappa shape index (κ1) is 14.5. The van der Waals surface area contributed by atoms with Gasteiger partial charge in [-0.05, 0) is 12.8 Å². The van der Waals surface area contributed by atoms with E-state index in [1.807, 2.05) is 4.90 Å². The van der Waals surface area contributed by atoms with Crippen LogP contribution in [0.15, 0.2) is 12.3 Å². The number of carbonyl (C=O) groups excluding carboxylic acids is 1. The Kier molecular flexibility index (Phi) is 4.39. The maximum atomic E-state index is 11.7. The van der Waals surface area contributed by atoms with Gasteiger partial charge >= 0.3 is 0 Å². The lowest BCUT2D eigenvalue weighted by Crippen LogP contribution is -2.42. The largest absolute Gasteiger partial charge is 0.359 e. The summed E-state index contributed by atoms with van der Waals surface area (Å²) >= 11 is 6.06. The second-order valence-electron chi connectivity index (χ2n) is 4.66. The van der Waals surface area contributed by atoms with Crippen LogP contribution in [-0.2, 0) is 4.79 Å². The summed E-state index contributed by atoms with van der Waals surface area (Å²) in [5, 5.41) is 13.5. The van der Waals surface area contributed by atoms with Crippen LogP contribution < -0.4 is 10.2 Å². The molecule has 20 heavy (non-hydrogen) atoms. The third-order valence-electron chi connectivity index (χ3n) is 3.36. The predicted octanol–water partition coefficient (Wildman–Crippen LogP) is 1.61. The number of nitrogens with zero attached hydrogens (tertiary/aromatic N) is 3. The van der Waals surface area contributed by atoms with Crippen LogP contribution in [0.4, 0.5) is 11.5 Å². The number of pyridine rings is 1. The minimum absolute atomic E-state index is 0.00673. The van der Waals surface area contributed by atoms with Crippen molar-refractivity contribution in [3.63, 3.8) is 0 Å². The fourth-order valence-electron chi connectivity index (χ4n) is 2.34. The zero-order chi connectivity index (χ0) is 14.7. The highest BCUT2D eigenvalue weighted by molar-refractivity contribution is 6.33. The first-order valence-corrected chi connectivity index (χ1v) is 6.67. The molecule has 1 atom stereocenters. The van der Waals surface area contributed by atoms with E-state index < -0.39 is 4.92 Å². The Morgan fingerprint density at radius 3 is 3.00 bits per heavy atom. The first-order chi connectivity index (χ1) is 9.52. The lowest BCUT2D eigenvalue weighted by molar-refractivity contribution is -0.385. The van der Waals surface area contributed by atoms with Crippen molar-refractivity contribution in [1.82, 2.24) is 10.3 Å². The Morgan fingerprint density at radius 2 is 2.40 bits per heavy atom. The van der Waals surface area contributed by atoms with Crippen molar-refractivity contribution >= 4 is 29.0 Å². The van der Waals surface area contributed by atoms with Crippen molar-refractivity contribution in [2.24, 2.45) is 5.92 Å². The van der Waals surface area contributed by atoms with Crippen LogP contribution in [0, 0.1) is 16.0 Å². The Balaban J connectivity index is 2.19.